The lowest BCUT2D eigenvalue weighted by Crippen LogP contribution is -2.33. The van der Waals surface area contributed by atoms with Gasteiger partial charge < -0.3 is 16.0 Å². The second-order valence-electron chi connectivity index (χ2n) is 9.12. The van der Waals surface area contributed by atoms with Crippen LogP contribution in [0, 0.1) is 6.92 Å². The molecule has 0 bridgehead atoms. The van der Waals surface area contributed by atoms with Gasteiger partial charge in [0.15, 0.2) is 0 Å². The summed E-state index contributed by atoms with van der Waals surface area (Å²) in [6, 6.07) is 21.2. The first-order chi connectivity index (χ1) is 17.5. The molecule has 4 rings (SSSR count). The van der Waals surface area contributed by atoms with E-state index in [1.165, 1.54) is 12.8 Å². The fraction of sp³-hybridized carbons (Fsp3) is 0.276. The summed E-state index contributed by atoms with van der Waals surface area (Å²) in [5.41, 5.74) is 3.59. The number of hydrogen-bond donors (Lipinski definition) is 3. The summed E-state index contributed by atoms with van der Waals surface area (Å²) in [5.74, 6) is -0.601. The van der Waals surface area contributed by atoms with E-state index in [2.05, 4.69) is 20.9 Å². The molecule has 0 spiro atoms. The van der Waals surface area contributed by atoms with Crippen LogP contribution in [0.1, 0.15) is 52.0 Å². The molecule has 3 aromatic carbocycles. The van der Waals surface area contributed by atoms with E-state index in [4.69, 9.17) is 0 Å². The zero-order valence-electron chi connectivity index (χ0n) is 20.5. The van der Waals surface area contributed by atoms with Crippen molar-refractivity contribution in [2.24, 2.45) is 0 Å². The zero-order chi connectivity index (χ0) is 25.3. The van der Waals surface area contributed by atoms with E-state index >= 15 is 0 Å². The molecule has 3 aromatic rings. The minimum absolute atomic E-state index is 0.0577. The number of aryl methyl sites for hydroxylation is 1. The average Bonchev–Trinajstić information content (AvgIpc) is 3.14. The van der Waals surface area contributed by atoms with Gasteiger partial charge in [-0.25, -0.2) is 0 Å². The summed E-state index contributed by atoms with van der Waals surface area (Å²) in [6.07, 6.45) is 4.71. The number of anilines is 3. The van der Waals surface area contributed by atoms with E-state index in [1.807, 2.05) is 13.0 Å². The number of rotatable bonds is 7. The number of carbonyl (C=O) groups excluding carboxylic acids is 3. The van der Waals surface area contributed by atoms with Crippen molar-refractivity contribution in [1.29, 1.82) is 0 Å². The van der Waals surface area contributed by atoms with Gasteiger partial charge in [0.1, 0.15) is 0 Å². The molecule has 3 amide bonds. The smallest absolute Gasteiger partial charge is 0.255 e. The SMILES string of the molecule is Cc1ccc(C(=O)Nc2cccc(NC(=O)CN3CCCCCC3)c2)cc1NC(=O)c1ccccc1. The highest BCUT2D eigenvalue weighted by atomic mass is 16.2. The van der Waals surface area contributed by atoms with Crippen LogP contribution < -0.4 is 16.0 Å². The minimum Gasteiger partial charge on any atom is -0.325 e. The lowest BCUT2D eigenvalue weighted by atomic mass is 10.1. The van der Waals surface area contributed by atoms with Gasteiger partial charge >= 0.3 is 0 Å². The Morgan fingerprint density at radius 3 is 2.08 bits per heavy atom. The highest BCUT2D eigenvalue weighted by Crippen LogP contribution is 2.21. The maximum atomic E-state index is 12.9. The van der Waals surface area contributed by atoms with Crippen LogP contribution >= 0.6 is 0 Å². The Balaban J connectivity index is 1.38. The van der Waals surface area contributed by atoms with Crippen molar-refractivity contribution in [3.63, 3.8) is 0 Å². The van der Waals surface area contributed by atoms with Crippen molar-refractivity contribution in [2.75, 3.05) is 35.6 Å². The first-order valence-corrected chi connectivity index (χ1v) is 12.4. The van der Waals surface area contributed by atoms with E-state index in [1.54, 1.807) is 66.7 Å². The van der Waals surface area contributed by atoms with Gasteiger partial charge in [0, 0.05) is 28.2 Å². The molecule has 1 aliphatic rings. The molecule has 0 aromatic heterocycles. The fourth-order valence-electron chi connectivity index (χ4n) is 4.26. The Bertz CT molecular complexity index is 1220. The molecule has 0 atom stereocenters. The first kappa shape index (κ1) is 25.1. The molecule has 1 aliphatic heterocycles. The topological polar surface area (TPSA) is 90.5 Å². The molecule has 7 nitrogen and oxygen atoms in total. The number of benzene rings is 3. The zero-order valence-corrected chi connectivity index (χ0v) is 20.5. The van der Waals surface area contributed by atoms with Crippen LogP contribution in [0.25, 0.3) is 0 Å². The lowest BCUT2D eigenvalue weighted by molar-refractivity contribution is -0.117. The highest BCUT2D eigenvalue weighted by Gasteiger charge is 2.14. The summed E-state index contributed by atoms with van der Waals surface area (Å²) in [6.45, 7) is 4.15. The third-order valence-corrected chi connectivity index (χ3v) is 6.25. The number of likely N-dealkylation sites (tertiary alicyclic amines) is 1. The predicted octanol–water partition coefficient (Wildman–Crippen LogP) is 5.31. The van der Waals surface area contributed by atoms with Gasteiger partial charge in [-0.2, -0.15) is 0 Å². The molecule has 1 heterocycles. The summed E-state index contributed by atoms with van der Waals surface area (Å²) >= 11 is 0. The van der Waals surface area contributed by atoms with E-state index in [9.17, 15) is 14.4 Å². The van der Waals surface area contributed by atoms with Gasteiger partial charge in [-0.15, -0.1) is 0 Å². The molecule has 7 heteroatoms. The van der Waals surface area contributed by atoms with E-state index in [-0.39, 0.29) is 17.7 Å². The van der Waals surface area contributed by atoms with Gasteiger partial charge in [0.25, 0.3) is 11.8 Å². The second kappa shape index (κ2) is 12.1. The van der Waals surface area contributed by atoms with Crippen molar-refractivity contribution >= 4 is 34.8 Å². The van der Waals surface area contributed by atoms with Crippen LogP contribution in [-0.4, -0.2) is 42.3 Å². The monoisotopic (exact) mass is 484 g/mol. The van der Waals surface area contributed by atoms with E-state index in [0.29, 0.717) is 34.7 Å². The second-order valence-corrected chi connectivity index (χ2v) is 9.12. The van der Waals surface area contributed by atoms with E-state index < -0.39 is 0 Å². The third-order valence-electron chi connectivity index (χ3n) is 6.25. The third kappa shape index (κ3) is 7.02. The summed E-state index contributed by atoms with van der Waals surface area (Å²) in [4.78, 5) is 40.2. The summed E-state index contributed by atoms with van der Waals surface area (Å²) < 4.78 is 0. The lowest BCUT2D eigenvalue weighted by Gasteiger charge is -2.19. The Kier molecular flexibility index (Phi) is 8.47. The van der Waals surface area contributed by atoms with Crippen LogP contribution in [0.15, 0.2) is 72.8 Å². The number of nitrogens with zero attached hydrogens (tertiary/aromatic N) is 1. The van der Waals surface area contributed by atoms with Crippen molar-refractivity contribution in [1.82, 2.24) is 4.90 Å². The molecule has 186 valence electrons. The van der Waals surface area contributed by atoms with Crippen LogP contribution in [0.2, 0.25) is 0 Å². The molecule has 1 fully saturated rings. The Labute approximate surface area is 211 Å². The molecule has 0 saturated carbocycles. The van der Waals surface area contributed by atoms with Gasteiger partial charge in [0.05, 0.1) is 6.54 Å². The number of carbonyl (C=O) groups is 3. The largest absolute Gasteiger partial charge is 0.325 e. The van der Waals surface area contributed by atoms with Gasteiger partial charge in [-0.1, -0.05) is 43.2 Å². The number of amides is 3. The molecule has 0 radical (unpaired) electrons. The Morgan fingerprint density at radius 2 is 1.36 bits per heavy atom. The summed E-state index contributed by atoms with van der Waals surface area (Å²) in [7, 11) is 0. The van der Waals surface area contributed by atoms with Crippen molar-refractivity contribution in [2.45, 2.75) is 32.6 Å². The Morgan fingerprint density at radius 1 is 0.694 bits per heavy atom. The fourth-order valence-corrected chi connectivity index (χ4v) is 4.26. The van der Waals surface area contributed by atoms with Gasteiger partial charge in [-0.3, -0.25) is 19.3 Å². The molecular weight excluding hydrogens is 452 g/mol. The number of nitrogens with one attached hydrogen (secondary N) is 3. The van der Waals surface area contributed by atoms with Crippen LogP contribution in [0.4, 0.5) is 17.1 Å². The molecular formula is C29H32N4O3. The quantitative estimate of drug-likeness (QED) is 0.424. The normalized spacial score (nSPS) is 13.9. The maximum Gasteiger partial charge on any atom is 0.255 e. The minimum atomic E-state index is -0.307. The molecule has 1 saturated heterocycles. The van der Waals surface area contributed by atoms with Gasteiger partial charge in [0.2, 0.25) is 5.91 Å². The molecule has 36 heavy (non-hydrogen) atoms. The van der Waals surface area contributed by atoms with Crippen molar-refractivity contribution in [3.05, 3.63) is 89.5 Å². The predicted molar refractivity (Wildman–Crippen MR) is 144 cm³/mol. The first-order valence-electron chi connectivity index (χ1n) is 12.4. The summed E-state index contributed by atoms with van der Waals surface area (Å²) in [5, 5.41) is 8.70. The maximum absolute atomic E-state index is 12.9. The Hall–Kier alpha value is -3.97. The average molecular weight is 485 g/mol. The van der Waals surface area contributed by atoms with Crippen LogP contribution in [0.3, 0.4) is 0 Å². The van der Waals surface area contributed by atoms with E-state index in [0.717, 1.165) is 31.5 Å². The molecule has 0 aliphatic carbocycles. The number of hydrogen-bond acceptors (Lipinski definition) is 4. The van der Waals surface area contributed by atoms with Crippen LogP contribution in [0.5, 0.6) is 0 Å². The van der Waals surface area contributed by atoms with Gasteiger partial charge in [-0.05, 0) is 80.9 Å². The van der Waals surface area contributed by atoms with Crippen molar-refractivity contribution in [3.8, 4) is 0 Å². The highest BCUT2D eigenvalue weighted by molar-refractivity contribution is 6.08. The standard InChI is InChI=1S/C29H32N4O3/c1-21-14-15-23(18-26(21)32-28(35)22-10-5-4-6-11-22)29(36)31-25-13-9-12-24(19-25)30-27(34)20-33-16-7-2-3-8-17-33/h4-6,9-15,18-19H,2-3,7-8,16-17,20H2,1H3,(H,30,34)(H,31,36)(H,32,35). The van der Waals surface area contributed by atoms with Crippen LogP contribution in [-0.2, 0) is 4.79 Å². The van der Waals surface area contributed by atoms with Crippen molar-refractivity contribution < 1.29 is 14.4 Å². The molecule has 3 N–H and O–H groups in total. The molecule has 0 unspecified atom stereocenters.